The molecule has 0 saturated heterocycles. The minimum Gasteiger partial charge on any atom is -0.389 e. The molecular formula is C16H25N3S. The maximum Gasteiger partial charge on any atom is 0.136 e. The zero-order valence-corrected chi connectivity index (χ0v) is 13.5. The van der Waals surface area contributed by atoms with Crippen molar-refractivity contribution in [3.8, 4) is 0 Å². The van der Waals surface area contributed by atoms with E-state index in [0.717, 1.165) is 30.6 Å². The van der Waals surface area contributed by atoms with Crippen molar-refractivity contribution in [2.45, 2.75) is 58.9 Å². The lowest BCUT2D eigenvalue weighted by Gasteiger charge is -2.20. The summed E-state index contributed by atoms with van der Waals surface area (Å²) in [7, 11) is 0. The van der Waals surface area contributed by atoms with Crippen LogP contribution in [0.25, 0.3) is 0 Å². The molecule has 110 valence electrons. The van der Waals surface area contributed by atoms with E-state index in [4.69, 9.17) is 22.9 Å². The third kappa shape index (κ3) is 3.48. The van der Waals surface area contributed by atoms with E-state index in [0.29, 0.717) is 16.9 Å². The monoisotopic (exact) mass is 291 g/mol. The highest BCUT2D eigenvalue weighted by Gasteiger charge is 2.19. The van der Waals surface area contributed by atoms with E-state index in [-0.39, 0.29) is 0 Å². The molecule has 2 atom stereocenters. The summed E-state index contributed by atoms with van der Waals surface area (Å²) in [5.74, 6) is 1.58. The summed E-state index contributed by atoms with van der Waals surface area (Å²) in [6, 6.07) is 2.51. The third-order valence-electron chi connectivity index (χ3n) is 4.15. The first-order chi connectivity index (χ1) is 9.51. The fourth-order valence-corrected chi connectivity index (χ4v) is 2.99. The molecule has 1 aromatic heterocycles. The highest BCUT2D eigenvalue weighted by atomic mass is 32.1. The van der Waals surface area contributed by atoms with Gasteiger partial charge in [0.1, 0.15) is 10.8 Å². The molecule has 1 aliphatic rings. The quantitative estimate of drug-likeness (QED) is 0.788. The Morgan fingerprint density at radius 2 is 2.20 bits per heavy atom. The molecule has 0 aliphatic heterocycles. The molecule has 1 aliphatic carbocycles. The number of nitrogens with zero attached hydrogens (tertiary/aromatic N) is 1. The van der Waals surface area contributed by atoms with Crippen molar-refractivity contribution < 1.29 is 0 Å². The molecule has 0 spiro atoms. The van der Waals surface area contributed by atoms with Crippen LogP contribution in [-0.2, 0) is 12.8 Å². The molecule has 0 amide bonds. The summed E-state index contributed by atoms with van der Waals surface area (Å²) in [5, 5.41) is 3.51. The maximum absolute atomic E-state index is 5.86. The van der Waals surface area contributed by atoms with Gasteiger partial charge in [-0.05, 0) is 50.2 Å². The van der Waals surface area contributed by atoms with Crippen LogP contribution < -0.4 is 11.1 Å². The predicted molar refractivity (Wildman–Crippen MR) is 89.3 cm³/mol. The first kappa shape index (κ1) is 15.2. The van der Waals surface area contributed by atoms with Crippen LogP contribution in [0.5, 0.6) is 0 Å². The number of anilines is 1. The number of aryl methyl sites for hydroxylation is 2. The molecule has 20 heavy (non-hydrogen) atoms. The minimum absolute atomic E-state index is 0.380. The molecule has 2 rings (SSSR count). The van der Waals surface area contributed by atoms with E-state index in [1.807, 2.05) is 0 Å². The van der Waals surface area contributed by atoms with Crippen LogP contribution in [0.4, 0.5) is 5.82 Å². The molecule has 1 heterocycles. The Morgan fingerprint density at radius 3 is 2.85 bits per heavy atom. The summed E-state index contributed by atoms with van der Waals surface area (Å²) < 4.78 is 0. The number of pyridine rings is 1. The smallest absolute Gasteiger partial charge is 0.136 e. The Morgan fingerprint density at radius 1 is 1.45 bits per heavy atom. The maximum atomic E-state index is 5.86. The molecule has 1 aromatic rings. The number of nitrogens with one attached hydrogen (secondary N) is 1. The van der Waals surface area contributed by atoms with Crippen LogP contribution in [0.3, 0.4) is 0 Å². The van der Waals surface area contributed by atoms with Crippen LogP contribution >= 0.6 is 12.2 Å². The van der Waals surface area contributed by atoms with Crippen LogP contribution in [0.2, 0.25) is 0 Å². The van der Waals surface area contributed by atoms with E-state index >= 15 is 0 Å². The van der Waals surface area contributed by atoms with Crippen molar-refractivity contribution in [1.82, 2.24) is 4.98 Å². The third-order valence-corrected chi connectivity index (χ3v) is 4.37. The van der Waals surface area contributed by atoms with E-state index in [1.54, 1.807) is 0 Å². The van der Waals surface area contributed by atoms with Crippen LogP contribution in [0.15, 0.2) is 6.07 Å². The number of nitrogens with two attached hydrogens (primary N) is 1. The minimum atomic E-state index is 0.380. The summed E-state index contributed by atoms with van der Waals surface area (Å²) in [6.07, 6.45) is 5.69. The molecule has 3 nitrogen and oxygen atoms in total. The number of aromatic nitrogens is 1. The first-order valence-electron chi connectivity index (χ1n) is 7.60. The second-order valence-electron chi connectivity index (χ2n) is 6.00. The summed E-state index contributed by atoms with van der Waals surface area (Å²) in [5.41, 5.74) is 9.29. The van der Waals surface area contributed by atoms with Crippen molar-refractivity contribution in [1.29, 1.82) is 0 Å². The van der Waals surface area contributed by atoms with Gasteiger partial charge in [-0.15, -0.1) is 0 Å². The van der Waals surface area contributed by atoms with Gasteiger partial charge >= 0.3 is 0 Å². The zero-order chi connectivity index (χ0) is 14.7. The molecule has 0 radical (unpaired) electrons. The lowest BCUT2D eigenvalue weighted by Crippen LogP contribution is -2.23. The van der Waals surface area contributed by atoms with Gasteiger partial charge in [0.05, 0.1) is 5.56 Å². The summed E-state index contributed by atoms with van der Waals surface area (Å²) in [6.45, 7) is 6.71. The largest absolute Gasteiger partial charge is 0.389 e. The van der Waals surface area contributed by atoms with E-state index in [9.17, 15) is 0 Å². The molecule has 3 N–H and O–H groups in total. The van der Waals surface area contributed by atoms with Crippen molar-refractivity contribution >= 4 is 23.0 Å². The van der Waals surface area contributed by atoms with Crippen LogP contribution in [-0.4, -0.2) is 16.0 Å². The van der Waals surface area contributed by atoms with E-state index in [1.165, 1.54) is 24.1 Å². The number of rotatable bonds is 6. The fraction of sp³-hybridized carbons (Fsp3) is 0.625. The van der Waals surface area contributed by atoms with Crippen LogP contribution in [0.1, 0.15) is 56.9 Å². The normalized spacial score (nSPS) is 16.6. The van der Waals surface area contributed by atoms with Gasteiger partial charge in [-0.3, -0.25) is 0 Å². The number of hydrogen-bond donors (Lipinski definition) is 2. The van der Waals surface area contributed by atoms with Crippen molar-refractivity contribution in [2.24, 2.45) is 11.7 Å². The van der Waals surface area contributed by atoms with E-state index in [2.05, 4.69) is 32.2 Å². The van der Waals surface area contributed by atoms with Crippen molar-refractivity contribution in [3.05, 3.63) is 22.9 Å². The van der Waals surface area contributed by atoms with Crippen molar-refractivity contribution in [3.63, 3.8) is 0 Å². The lowest BCUT2D eigenvalue weighted by molar-refractivity contribution is 0.483. The number of hydrogen-bond acceptors (Lipinski definition) is 3. The Kier molecular flexibility index (Phi) is 4.97. The zero-order valence-electron chi connectivity index (χ0n) is 12.7. The van der Waals surface area contributed by atoms with Gasteiger partial charge in [0, 0.05) is 11.7 Å². The summed E-state index contributed by atoms with van der Waals surface area (Å²) in [4.78, 5) is 5.20. The standard InChI is InChI=1S/C16H25N3S/c1-4-10(2)8-11(3)18-16-13(15(17)20)9-12-6-5-7-14(12)19-16/h9-11H,4-8H2,1-3H3,(H2,17,20)(H,18,19). The summed E-state index contributed by atoms with van der Waals surface area (Å²) >= 11 is 5.18. The Balaban J connectivity index is 2.19. The average molecular weight is 291 g/mol. The fourth-order valence-electron chi connectivity index (χ4n) is 2.83. The number of fused-ring (bicyclic) bond motifs is 1. The Bertz CT molecular complexity index is 499. The topological polar surface area (TPSA) is 50.9 Å². The Hall–Kier alpha value is -1.16. The first-order valence-corrected chi connectivity index (χ1v) is 8.01. The predicted octanol–water partition coefficient (Wildman–Crippen LogP) is 3.44. The number of thiocarbonyl (C=S) groups is 1. The molecule has 2 unspecified atom stereocenters. The van der Waals surface area contributed by atoms with E-state index < -0.39 is 0 Å². The van der Waals surface area contributed by atoms with Gasteiger partial charge < -0.3 is 11.1 Å². The second kappa shape index (κ2) is 6.53. The van der Waals surface area contributed by atoms with Gasteiger partial charge in [0.25, 0.3) is 0 Å². The average Bonchev–Trinajstić information content (AvgIpc) is 2.84. The molecule has 0 bridgehead atoms. The van der Waals surface area contributed by atoms with Gasteiger partial charge in [0.2, 0.25) is 0 Å². The van der Waals surface area contributed by atoms with Crippen molar-refractivity contribution in [2.75, 3.05) is 5.32 Å². The molecule has 0 aromatic carbocycles. The molecular weight excluding hydrogens is 266 g/mol. The molecule has 0 saturated carbocycles. The highest BCUT2D eigenvalue weighted by molar-refractivity contribution is 7.80. The molecule has 0 fully saturated rings. The van der Waals surface area contributed by atoms with Gasteiger partial charge in [0.15, 0.2) is 0 Å². The molecule has 4 heteroatoms. The van der Waals surface area contributed by atoms with Gasteiger partial charge in [-0.25, -0.2) is 4.98 Å². The second-order valence-corrected chi connectivity index (χ2v) is 6.44. The van der Waals surface area contributed by atoms with Gasteiger partial charge in [-0.2, -0.15) is 0 Å². The van der Waals surface area contributed by atoms with Gasteiger partial charge in [-0.1, -0.05) is 32.5 Å². The Labute approximate surface area is 127 Å². The lowest BCUT2D eigenvalue weighted by atomic mass is 10.00. The SMILES string of the molecule is CCC(C)CC(C)Nc1nc2c(cc1C(N)=S)CCC2. The van der Waals surface area contributed by atoms with Crippen LogP contribution in [0, 0.1) is 5.92 Å². The highest BCUT2D eigenvalue weighted by Crippen LogP contribution is 2.26.